The summed E-state index contributed by atoms with van der Waals surface area (Å²) < 4.78 is 0. The van der Waals surface area contributed by atoms with Crippen molar-refractivity contribution >= 4 is 0 Å². The van der Waals surface area contributed by atoms with Crippen LogP contribution in [0.5, 0.6) is 0 Å². The van der Waals surface area contributed by atoms with E-state index in [9.17, 15) is 0 Å². The maximum absolute atomic E-state index is 2.40. The third-order valence-corrected chi connectivity index (χ3v) is 10.8. The van der Waals surface area contributed by atoms with Gasteiger partial charge in [0.15, 0.2) is 0 Å². The monoisotopic (exact) mass is 650 g/mol. The lowest BCUT2D eigenvalue weighted by atomic mass is 9.67. The van der Waals surface area contributed by atoms with Crippen LogP contribution >= 0.6 is 0 Å². The van der Waals surface area contributed by atoms with Crippen LogP contribution in [0, 0.1) is 6.92 Å². The van der Waals surface area contributed by atoms with Crippen LogP contribution in [-0.4, -0.2) is 0 Å². The van der Waals surface area contributed by atoms with Gasteiger partial charge in [-0.3, -0.25) is 0 Å². The summed E-state index contributed by atoms with van der Waals surface area (Å²) in [6.07, 6.45) is 0. The van der Waals surface area contributed by atoms with Gasteiger partial charge in [-0.1, -0.05) is 212 Å². The molecular formula is C51H38. The van der Waals surface area contributed by atoms with Crippen LogP contribution in [0.3, 0.4) is 0 Å². The van der Waals surface area contributed by atoms with Crippen LogP contribution < -0.4 is 0 Å². The Kier molecular flexibility index (Phi) is 7.79. The van der Waals surface area contributed by atoms with Gasteiger partial charge in [-0.2, -0.15) is 0 Å². The molecule has 0 amide bonds. The minimum atomic E-state index is -0.448. The van der Waals surface area contributed by atoms with Crippen molar-refractivity contribution in [3.63, 3.8) is 0 Å². The van der Waals surface area contributed by atoms with Gasteiger partial charge in [-0.15, -0.1) is 0 Å². The molecule has 0 radical (unpaired) electrons. The van der Waals surface area contributed by atoms with Gasteiger partial charge >= 0.3 is 0 Å². The molecule has 0 aliphatic heterocycles. The summed E-state index contributed by atoms with van der Waals surface area (Å²) in [4.78, 5) is 0. The van der Waals surface area contributed by atoms with Gasteiger partial charge in [-0.05, 0) is 79.2 Å². The number of benzene rings is 8. The lowest BCUT2D eigenvalue weighted by Gasteiger charge is -2.34. The number of fused-ring (bicyclic) bond motifs is 3. The van der Waals surface area contributed by atoms with E-state index in [1.165, 1.54) is 77.9 Å². The minimum Gasteiger partial charge on any atom is -0.0622 e. The van der Waals surface area contributed by atoms with Crippen molar-refractivity contribution in [2.75, 3.05) is 0 Å². The molecule has 0 saturated heterocycles. The molecule has 0 spiro atoms. The van der Waals surface area contributed by atoms with Crippen molar-refractivity contribution in [3.05, 3.63) is 251 Å². The van der Waals surface area contributed by atoms with E-state index in [0.29, 0.717) is 0 Å². The van der Waals surface area contributed by atoms with E-state index in [4.69, 9.17) is 0 Å². The van der Waals surface area contributed by atoms with Gasteiger partial charge < -0.3 is 0 Å². The largest absolute Gasteiger partial charge is 0.0713 e. The molecule has 242 valence electrons. The van der Waals surface area contributed by atoms with E-state index in [1.54, 1.807) is 0 Å². The zero-order valence-corrected chi connectivity index (χ0v) is 28.7. The fourth-order valence-electron chi connectivity index (χ4n) is 8.46. The lowest BCUT2D eigenvalue weighted by molar-refractivity contribution is 0.767. The van der Waals surface area contributed by atoms with Gasteiger partial charge in [0.25, 0.3) is 0 Å². The van der Waals surface area contributed by atoms with Gasteiger partial charge in [0.05, 0.1) is 5.41 Å². The molecule has 9 rings (SSSR count). The molecule has 0 bridgehead atoms. The quantitative estimate of drug-likeness (QED) is 0.151. The first-order valence-electron chi connectivity index (χ1n) is 17.9. The first kappa shape index (κ1) is 30.8. The predicted molar refractivity (Wildman–Crippen MR) is 213 cm³/mol. The summed E-state index contributed by atoms with van der Waals surface area (Å²) >= 11 is 0. The highest BCUT2D eigenvalue weighted by Gasteiger charge is 2.47. The summed E-state index contributed by atoms with van der Waals surface area (Å²) in [6, 6.07) is 76.3. The Balaban J connectivity index is 1.31. The van der Waals surface area contributed by atoms with Crippen molar-refractivity contribution in [2.24, 2.45) is 0 Å². The summed E-state index contributed by atoms with van der Waals surface area (Å²) in [6.45, 7) is 2.14. The van der Waals surface area contributed by atoms with Crippen molar-refractivity contribution in [1.82, 2.24) is 0 Å². The predicted octanol–water partition coefficient (Wildman–Crippen LogP) is 12.9. The lowest BCUT2D eigenvalue weighted by Crippen LogP contribution is -2.28. The molecule has 1 aliphatic carbocycles. The van der Waals surface area contributed by atoms with Gasteiger partial charge in [0, 0.05) is 5.92 Å². The van der Waals surface area contributed by atoms with Crippen molar-refractivity contribution < 1.29 is 0 Å². The molecule has 0 fully saturated rings. The smallest absolute Gasteiger partial charge is 0.0622 e. The number of rotatable bonds is 7. The normalized spacial score (nSPS) is 13.3. The molecule has 1 aliphatic rings. The maximum Gasteiger partial charge on any atom is 0.0713 e. The van der Waals surface area contributed by atoms with E-state index in [-0.39, 0.29) is 5.92 Å². The van der Waals surface area contributed by atoms with E-state index >= 15 is 0 Å². The molecule has 0 saturated carbocycles. The average molecular weight is 651 g/mol. The number of hydrogen-bond acceptors (Lipinski definition) is 0. The van der Waals surface area contributed by atoms with E-state index in [0.717, 1.165) is 0 Å². The van der Waals surface area contributed by atoms with E-state index in [2.05, 4.69) is 213 Å². The topological polar surface area (TPSA) is 0 Å². The number of aryl methyl sites for hydroxylation is 1. The Hall–Kier alpha value is -6.24. The van der Waals surface area contributed by atoms with Crippen LogP contribution in [0.15, 0.2) is 206 Å². The van der Waals surface area contributed by atoms with E-state index < -0.39 is 5.41 Å². The third-order valence-electron chi connectivity index (χ3n) is 10.8. The zero-order chi connectivity index (χ0) is 34.2. The van der Waals surface area contributed by atoms with Crippen molar-refractivity contribution in [3.8, 4) is 33.4 Å². The minimum absolute atomic E-state index is 0.00563. The molecule has 1 atom stereocenters. The standard InChI is InChI=1S/C51H38/c1-36-27-29-38(30-28-36)39-31-33-40(34-32-39)49(42-18-13-17-41(35-42)37-15-5-2-6-16-37)46-24-14-26-48-50(46)45-23-11-12-25-47(45)51(48,43-19-7-3-8-20-43)44-21-9-4-10-22-44/h2-35,49H,1H3. The van der Waals surface area contributed by atoms with Crippen LogP contribution in [0.4, 0.5) is 0 Å². The van der Waals surface area contributed by atoms with Gasteiger partial charge in [-0.25, -0.2) is 0 Å². The molecular weight excluding hydrogens is 613 g/mol. The third kappa shape index (κ3) is 5.23. The first-order valence-corrected chi connectivity index (χ1v) is 17.9. The van der Waals surface area contributed by atoms with Gasteiger partial charge in [0.1, 0.15) is 0 Å². The Morgan fingerprint density at radius 3 is 1.55 bits per heavy atom. The SMILES string of the molecule is Cc1ccc(-c2ccc(C(c3cccc(-c4ccccc4)c3)c3cccc4c3-c3ccccc3C4(c3ccccc3)c3ccccc3)cc2)cc1. The van der Waals surface area contributed by atoms with Crippen LogP contribution in [0.25, 0.3) is 33.4 Å². The Morgan fingerprint density at radius 1 is 0.373 bits per heavy atom. The highest BCUT2D eigenvalue weighted by molar-refractivity contribution is 5.89. The Morgan fingerprint density at radius 2 is 0.882 bits per heavy atom. The molecule has 8 aromatic carbocycles. The second kappa shape index (κ2) is 12.9. The number of hydrogen-bond donors (Lipinski definition) is 0. The summed E-state index contributed by atoms with van der Waals surface area (Å²) in [5, 5.41) is 0. The van der Waals surface area contributed by atoms with Crippen LogP contribution in [-0.2, 0) is 5.41 Å². The molecule has 0 aromatic heterocycles. The zero-order valence-electron chi connectivity index (χ0n) is 28.7. The van der Waals surface area contributed by atoms with E-state index in [1.807, 2.05) is 0 Å². The van der Waals surface area contributed by atoms with Crippen LogP contribution in [0.2, 0.25) is 0 Å². The maximum atomic E-state index is 2.40. The Labute approximate surface area is 301 Å². The highest BCUT2D eigenvalue weighted by atomic mass is 14.5. The molecule has 0 N–H and O–H groups in total. The summed E-state index contributed by atoms with van der Waals surface area (Å²) in [5.74, 6) is 0.00563. The summed E-state index contributed by atoms with van der Waals surface area (Å²) in [7, 11) is 0. The van der Waals surface area contributed by atoms with Crippen molar-refractivity contribution in [2.45, 2.75) is 18.3 Å². The second-order valence-corrected chi connectivity index (χ2v) is 13.7. The highest BCUT2D eigenvalue weighted by Crippen LogP contribution is 2.58. The van der Waals surface area contributed by atoms with Gasteiger partial charge in [0.2, 0.25) is 0 Å². The molecule has 51 heavy (non-hydrogen) atoms. The van der Waals surface area contributed by atoms with Crippen molar-refractivity contribution in [1.29, 1.82) is 0 Å². The molecule has 8 aromatic rings. The second-order valence-electron chi connectivity index (χ2n) is 13.7. The molecule has 0 nitrogen and oxygen atoms in total. The molecule has 0 heterocycles. The fraction of sp³-hybridized carbons (Fsp3) is 0.0588. The molecule has 1 unspecified atom stereocenters. The fourth-order valence-corrected chi connectivity index (χ4v) is 8.46. The Bertz CT molecular complexity index is 2400. The first-order chi connectivity index (χ1) is 25.2. The summed E-state index contributed by atoms with van der Waals surface area (Å²) in [5.41, 5.74) is 17.5. The molecule has 0 heteroatoms. The average Bonchev–Trinajstić information content (AvgIpc) is 3.51. The van der Waals surface area contributed by atoms with Crippen LogP contribution in [0.1, 0.15) is 50.4 Å².